The molecule has 2 atom stereocenters. The van der Waals surface area contributed by atoms with Crippen LogP contribution < -0.4 is 10.6 Å². The lowest BCUT2D eigenvalue weighted by atomic mass is 9.97. The first-order valence-electron chi connectivity index (χ1n) is 12.5. The number of hydrogen-bond donors (Lipinski definition) is 3. The minimum absolute atomic E-state index is 0.0474. The lowest BCUT2D eigenvalue weighted by Gasteiger charge is -2.33. The molecule has 204 valence electrons. The van der Waals surface area contributed by atoms with E-state index in [0.717, 1.165) is 11.1 Å². The van der Waals surface area contributed by atoms with Crippen molar-refractivity contribution in [2.75, 3.05) is 6.54 Å². The Morgan fingerprint density at radius 3 is 2.18 bits per heavy atom. The summed E-state index contributed by atoms with van der Waals surface area (Å²) in [5.41, 5.74) is 2.36. The number of nitriles is 1. The zero-order chi connectivity index (χ0) is 28.6. The van der Waals surface area contributed by atoms with Gasteiger partial charge in [-0.3, -0.25) is 9.59 Å². The normalized spacial score (nSPS) is 12.7. The average Bonchev–Trinajstić information content (AvgIpc) is 2.80. The summed E-state index contributed by atoms with van der Waals surface area (Å²) in [5, 5.41) is 24.8. The highest BCUT2D eigenvalue weighted by atomic mass is 16.6. The van der Waals surface area contributed by atoms with Crippen molar-refractivity contribution < 1.29 is 24.2 Å². The Labute approximate surface area is 224 Å². The summed E-state index contributed by atoms with van der Waals surface area (Å²) in [7, 11) is 0. The van der Waals surface area contributed by atoms with E-state index in [0.29, 0.717) is 11.1 Å². The standard InChI is InChI=1S/C29H38N4O5/c1-18(2)31-26(35)25(22-11-8-19(3)20(4)16-22)33(15-14-30)27(36)24(32-28(37)38-29(5,6)7)17-21-9-12-23(34)13-10-21/h8-13,16,18,24-25,34H,15,17H2,1-7H3,(H,31,35)(H,32,37). The maximum absolute atomic E-state index is 14.0. The van der Waals surface area contributed by atoms with Gasteiger partial charge < -0.3 is 25.4 Å². The van der Waals surface area contributed by atoms with Crippen LogP contribution in [0.25, 0.3) is 0 Å². The molecule has 0 fully saturated rings. The molecule has 2 unspecified atom stereocenters. The summed E-state index contributed by atoms with van der Waals surface area (Å²) in [6.07, 6.45) is -0.757. The van der Waals surface area contributed by atoms with Gasteiger partial charge in [0, 0.05) is 12.5 Å². The van der Waals surface area contributed by atoms with Crippen molar-refractivity contribution in [1.29, 1.82) is 5.26 Å². The van der Waals surface area contributed by atoms with Gasteiger partial charge in [-0.15, -0.1) is 0 Å². The summed E-state index contributed by atoms with van der Waals surface area (Å²) in [6.45, 7) is 12.2. The van der Waals surface area contributed by atoms with E-state index in [1.165, 1.54) is 17.0 Å². The fraction of sp³-hybridized carbons (Fsp3) is 0.448. The topological polar surface area (TPSA) is 132 Å². The molecule has 0 aliphatic rings. The Balaban J connectivity index is 2.56. The Hall–Kier alpha value is -4.06. The van der Waals surface area contributed by atoms with E-state index in [9.17, 15) is 24.8 Å². The molecular weight excluding hydrogens is 484 g/mol. The van der Waals surface area contributed by atoms with Gasteiger partial charge in [0.1, 0.15) is 30.0 Å². The second-order valence-electron chi connectivity index (χ2n) is 10.6. The number of rotatable bonds is 9. The molecule has 0 saturated carbocycles. The Kier molecular flexibility index (Phi) is 10.3. The summed E-state index contributed by atoms with van der Waals surface area (Å²) >= 11 is 0. The van der Waals surface area contributed by atoms with Gasteiger partial charge in [0.15, 0.2) is 0 Å². The zero-order valence-corrected chi connectivity index (χ0v) is 23.2. The van der Waals surface area contributed by atoms with Gasteiger partial charge in [0.2, 0.25) is 11.8 Å². The monoisotopic (exact) mass is 522 g/mol. The predicted octanol–water partition coefficient (Wildman–Crippen LogP) is 4.06. The van der Waals surface area contributed by atoms with Crippen molar-refractivity contribution in [3.8, 4) is 11.8 Å². The third-order valence-corrected chi connectivity index (χ3v) is 5.73. The molecule has 9 heteroatoms. The molecule has 3 N–H and O–H groups in total. The van der Waals surface area contributed by atoms with Crippen molar-refractivity contribution in [3.05, 3.63) is 64.7 Å². The van der Waals surface area contributed by atoms with Crippen molar-refractivity contribution >= 4 is 17.9 Å². The van der Waals surface area contributed by atoms with Gasteiger partial charge in [-0.25, -0.2) is 4.79 Å². The quantitative estimate of drug-likeness (QED) is 0.426. The number of nitrogens with one attached hydrogen (secondary N) is 2. The second kappa shape index (κ2) is 13.0. The Morgan fingerprint density at radius 1 is 1.03 bits per heavy atom. The maximum Gasteiger partial charge on any atom is 0.408 e. The lowest BCUT2D eigenvalue weighted by Crippen LogP contribution is -2.54. The number of benzene rings is 2. The summed E-state index contributed by atoms with van der Waals surface area (Å²) in [6, 6.07) is 11.2. The van der Waals surface area contributed by atoms with Crippen molar-refractivity contribution in [2.45, 2.75) is 78.6 Å². The van der Waals surface area contributed by atoms with Crippen LogP contribution in [0.4, 0.5) is 4.79 Å². The second-order valence-corrected chi connectivity index (χ2v) is 10.6. The third kappa shape index (κ3) is 8.80. The molecular formula is C29H38N4O5. The SMILES string of the molecule is Cc1ccc(C(C(=O)NC(C)C)N(CC#N)C(=O)C(Cc2ccc(O)cc2)NC(=O)OC(C)(C)C)cc1C. The molecule has 2 rings (SSSR count). The highest BCUT2D eigenvalue weighted by Crippen LogP contribution is 2.25. The number of amides is 3. The molecule has 0 aromatic heterocycles. The number of aryl methyl sites for hydroxylation is 2. The minimum Gasteiger partial charge on any atom is -0.508 e. The number of alkyl carbamates (subject to hydrolysis) is 1. The number of phenols is 1. The van der Waals surface area contributed by atoms with Gasteiger partial charge in [0.05, 0.1) is 6.07 Å². The van der Waals surface area contributed by atoms with Crippen LogP contribution in [0.15, 0.2) is 42.5 Å². The number of carbonyl (C=O) groups is 3. The van der Waals surface area contributed by atoms with Gasteiger partial charge >= 0.3 is 6.09 Å². The van der Waals surface area contributed by atoms with Gasteiger partial charge in [-0.2, -0.15) is 5.26 Å². The summed E-state index contributed by atoms with van der Waals surface area (Å²) in [4.78, 5) is 41.4. The van der Waals surface area contributed by atoms with E-state index in [-0.39, 0.29) is 24.8 Å². The fourth-order valence-corrected chi connectivity index (χ4v) is 3.86. The molecule has 0 aliphatic heterocycles. The smallest absolute Gasteiger partial charge is 0.408 e. The van der Waals surface area contributed by atoms with Crippen molar-refractivity contribution in [1.82, 2.24) is 15.5 Å². The highest BCUT2D eigenvalue weighted by Gasteiger charge is 2.36. The predicted molar refractivity (Wildman–Crippen MR) is 144 cm³/mol. The Morgan fingerprint density at radius 2 is 1.66 bits per heavy atom. The lowest BCUT2D eigenvalue weighted by molar-refractivity contribution is -0.142. The molecule has 9 nitrogen and oxygen atoms in total. The van der Waals surface area contributed by atoms with Crippen molar-refractivity contribution in [3.63, 3.8) is 0 Å². The number of phenolic OH excluding ortho intramolecular Hbond substituents is 1. The van der Waals surface area contributed by atoms with Crippen LogP contribution in [-0.2, 0) is 20.7 Å². The van der Waals surface area contributed by atoms with Crippen LogP contribution in [0.2, 0.25) is 0 Å². The van der Waals surface area contributed by atoms with E-state index < -0.39 is 35.6 Å². The molecule has 0 radical (unpaired) electrons. The minimum atomic E-state index is -1.15. The van der Waals surface area contributed by atoms with E-state index in [1.807, 2.05) is 45.9 Å². The summed E-state index contributed by atoms with van der Waals surface area (Å²) in [5.74, 6) is -0.997. The molecule has 38 heavy (non-hydrogen) atoms. The average molecular weight is 523 g/mol. The van der Waals surface area contributed by atoms with Gasteiger partial charge in [0.25, 0.3) is 0 Å². The molecule has 2 aromatic carbocycles. The summed E-state index contributed by atoms with van der Waals surface area (Å²) < 4.78 is 5.38. The Bertz CT molecular complexity index is 1180. The van der Waals surface area contributed by atoms with E-state index in [2.05, 4.69) is 10.6 Å². The number of aromatic hydroxyl groups is 1. The first-order valence-corrected chi connectivity index (χ1v) is 12.5. The van der Waals surface area contributed by atoms with Crippen molar-refractivity contribution in [2.24, 2.45) is 0 Å². The van der Waals surface area contributed by atoms with E-state index in [4.69, 9.17) is 4.74 Å². The van der Waals surface area contributed by atoms with E-state index in [1.54, 1.807) is 39.0 Å². The van der Waals surface area contributed by atoms with Crippen LogP contribution in [0.3, 0.4) is 0 Å². The van der Waals surface area contributed by atoms with Gasteiger partial charge in [-0.1, -0.05) is 30.3 Å². The molecule has 0 saturated heterocycles. The van der Waals surface area contributed by atoms with Crippen LogP contribution in [0, 0.1) is 25.2 Å². The number of carbonyl (C=O) groups excluding carboxylic acids is 3. The number of nitrogens with zero attached hydrogens (tertiary/aromatic N) is 2. The molecule has 0 spiro atoms. The van der Waals surface area contributed by atoms with Crippen LogP contribution >= 0.6 is 0 Å². The number of ether oxygens (including phenoxy) is 1. The molecule has 3 amide bonds. The zero-order valence-electron chi connectivity index (χ0n) is 23.2. The molecule has 0 bridgehead atoms. The van der Waals surface area contributed by atoms with Crippen LogP contribution in [-0.4, -0.2) is 52.1 Å². The van der Waals surface area contributed by atoms with Crippen LogP contribution in [0.1, 0.15) is 62.9 Å². The molecule has 2 aromatic rings. The molecule has 0 aliphatic carbocycles. The van der Waals surface area contributed by atoms with E-state index >= 15 is 0 Å². The highest BCUT2D eigenvalue weighted by molar-refractivity contribution is 5.92. The first kappa shape index (κ1) is 30.2. The van der Waals surface area contributed by atoms with Crippen LogP contribution in [0.5, 0.6) is 5.75 Å². The fourth-order valence-electron chi connectivity index (χ4n) is 3.86. The maximum atomic E-state index is 14.0. The first-order chi connectivity index (χ1) is 17.7. The third-order valence-electron chi connectivity index (χ3n) is 5.73. The largest absolute Gasteiger partial charge is 0.508 e. The molecule has 0 heterocycles. The van der Waals surface area contributed by atoms with Gasteiger partial charge in [-0.05, 0) is 82.9 Å². The number of hydrogen-bond acceptors (Lipinski definition) is 6.